The number of benzene rings is 2. The number of nitrogens with one attached hydrogen (secondary N) is 2. The van der Waals surface area contributed by atoms with Crippen LogP contribution in [0.5, 0.6) is 5.75 Å². The van der Waals surface area contributed by atoms with Gasteiger partial charge in [-0.1, -0.05) is 18.2 Å². The highest BCUT2D eigenvalue weighted by atomic mass is 16.5. The van der Waals surface area contributed by atoms with Crippen LogP contribution < -0.4 is 15.4 Å². The van der Waals surface area contributed by atoms with Crippen molar-refractivity contribution in [3.05, 3.63) is 54.1 Å². The van der Waals surface area contributed by atoms with Crippen LogP contribution >= 0.6 is 0 Å². The third kappa shape index (κ3) is 2.65. The monoisotopic (exact) mass is 296 g/mol. The van der Waals surface area contributed by atoms with Crippen LogP contribution in [-0.2, 0) is 4.79 Å². The van der Waals surface area contributed by atoms with E-state index in [1.54, 1.807) is 56.3 Å². The number of rotatable bonds is 2. The van der Waals surface area contributed by atoms with E-state index in [1.807, 2.05) is 6.07 Å². The number of amides is 2. The summed E-state index contributed by atoms with van der Waals surface area (Å²) in [5.74, 6) is 0.165. The molecule has 0 aromatic heterocycles. The SMILES string of the molecule is CC1(C)Oc2ccc(NC(=O)c3ccccc3)cc2NC1=O. The Hall–Kier alpha value is -2.82. The fourth-order valence-corrected chi connectivity index (χ4v) is 2.18. The normalized spacial score (nSPS) is 15.3. The average Bonchev–Trinajstić information content (AvgIpc) is 2.49. The van der Waals surface area contributed by atoms with E-state index in [4.69, 9.17) is 4.74 Å². The molecule has 5 nitrogen and oxygen atoms in total. The molecule has 3 rings (SSSR count). The van der Waals surface area contributed by atoms with Gasteiger partial charge >= 0.3 is 0 Å². The molecule has 0 radical (unpaired) electrons. The summed E-state index contributed by atoms with van der Waals surface area (Å²) < 4.78 is 5.65. The van der Waals surface area contributed by atoms with Gasteiger partial charge in [-0.25, -0.2) is 0 Å². The summed E-state index contributed by atoms with van der Waals surface area (Å²) >= 11 is 0. The van der Waals surface area contributed by atoms with Crippen LogP contribution in [0, 0.1) is 0 Å². The molecule has 1 aliphatic rings. The minimum Gasteiger partial charge on any atom is -0.476 e. The van der Waals surface area contributed by atoms with Crippen LogP contribution in [0.25, 0.3) is 0 Å². The number of hydrogen-bond donors (Lipinski definition) is 2. The van der Waals surface area contributed by atoms with Crippen LogP contribution in [0.4, 0.5) is 11.4 Å². The van der Waals surface area contributed by atoms with Crippen molar-refractivity contribution in [3.63, 3.8) is 0 Å². The summed E-state index contributed by atoms with van der Waals surface area (Å²) in [7, 11) is 0. The first-order valence-electron chi connectivity index (χ1n) is 6.97. The Labute approximate surface area is 128 Å². The van der Waals surface area contributed by atoms with Gasteiger partial charge in [0.2, 0.25) is 0 Å². The highest BCUT2D eigenvalue weighted by Crippen LogP contribution is 2.35. The molecule has 0 atom stereocenters. The van der Waals surface area contributed by atoms with Crippen LogP contribution in [0.1, 0.15) is 24.2 Å². The fourth-order valence-electron chi connectivity index (χ4n) is 2.18. The molecule has 2 N–H and O–H groups in total. The predicted molar refractivity (Wildman–Crippen MR) is 84.2 cm³/mol. The van der Waals surface area contributed by atoms with Gasteiger partial charge in [0.25, 0.3) is 11.8 Å². The summed E-state index contributed by atoms with van der Waals surface area (Å²) in [6.45, 7) is 3.41. The van der Waals surface area contributed by atoms with Crippen molar-refractivity contribution in [2.75, 3.05) is 10.6 Å². The van der Waals surface area contributed by atoms with E-state index in [-0.39, 0.29) is 11.8 Å². The Morgan fingerprint density at radius 3 is 2.59 bits per heavy atom. The highest BCUT2D eigenvalue weighted by molar-refractivity contribution is 6.05. The largest absolute Gasteiger partial charge is 0.476 e. The fraction of sp³-hybridized carbons (Fsp3) is 0.176. The summed E-state index contributed by atoms with van der Waals surface area (Å²) in [5.41, 5.74) is 0.815. The van der Waals surface area contributed by atoms with Crippen LogP contribution in [0.2, 0.25) is 0 Å². The highest BCUT2D eigenvalue weighted by Gasteiger charge is 2.35. The zero-order chi connectivity index (χ0) is 15.7. The van der Waals surface area contributed by atoms with Gasteiger partial charge in [-0.05, 0) is 44.2 Å². The molecule has 1 aliphatic heterocycles. The Bertz CT molecular complexity index is 739. The molecule has 0 unspecified atom stereocenters. The lowest BCUT2D eigenvalue weighted by Gasteiger charge is -2.31. The molecule has 2 amide bonds. The average molecular weight is 296 g/mol. The number of hydrogen-bond acceptors (Lipinski definition) is 3. The van der Waals surface area contributed by atoms with Crippen molar-refractivity contribution >= 4 is 23.2 Å². The molecule has 2 aromatic carbocycles. The van der Waals surface area contributed by atoms with Gasteiger partial charge in [0.1, 0.15) is 5.75 Å². The van der Waals surface area contributed by atoms with E-state index in [1.165, 1.54) is 0 Å². The maximum Gasteiger partial charge on any atom is 0.268 e. The third-order valence-corrected chi connectivity index (χ3v) is 3.43. The molecule has 0 bridgehead atoms. The van der Waals surface area contributed by atoms with Crippen molar-refractivity contribution in [1.82, 2.24) is 0 Å². The summed E-state index contributed by atoms with van der Waals surface area (Å²) in [6, 6.07) is 14.1. The Morgan fingerprint density at radius 2 is 1.86 bits per heavy atom. The molecule has 112 valence electrons. The second-order valence-electron chi connectivity index (χ2n) is 5.60. The molecule has 2 aromatic rings. The van der Waals surface area contributed by atoms with Gasteiger partial charge in [0, 0.05) is 11.3 Å². The van der Waals surface area contributed by atoms with Crippen molar-refractivity contribution in [3.8, 4) is 5.75 Å². The second kappa shape index (κ2) is 5.18. The molecule has 0 saturated carbocycles. The molecule has 0 saturated heterocycles. The van der Waals surface area contributed by atoms with E-state index in [0.717, 1.165) is 0 Å². The lowest BCUT2D eigenvalue weighted by Crippen LogP contribution is -2.45. The van der Waals surface area contributed by atoms with Crippen molar-refractivity contribution in [2.45, 2.75) is 19.4 Å². The summed E-state index contributed by atoms with van der Waals surface area (Å²) in [4.78, 5) is 24.0. The zero-order valence-corrected chi connectivity index (χ0v) is 12.3. The van der Waals surface area contributed by atoms with Crippen molar-refractivity contribution in [1.29, 1.82) is 0 Å². The smallest absolute Gasteiger partial charge is 0.268 e. The first kappa shape index (κ1) is 14.1. The van der Waals surface area contributed by atoms with Gasteiger partial charge < -0.3 is 15.4 Å². The van der Waals surface area contributed by atoms with Gasteiger partial charge in [-0.15, -0.1) is 0 Å². The Kier molecular flexibility index (Phi) is 3.33. The van der Waals surface area contributed by atoms with Crippen LogP contribution in [-0.4, -0.2) is 17.4 Å². The van der Waals surface area contributed by atoms with Crippen molar-refractivity contribution in [2.24, 2.45) is 0 Å². The topological polar surface area (TPSA) is 67.4 Å². The molecule has 0 spiro atoms. The van der Waals surface area contributed by atoms with Crippen molar-refractivity contribution < 1.29 is 14.3 Å². The Balaban J connectivity index is 1.82. The van der Waals surface area contributed by atoms with Gasteiger partial charge in [-0.3, -0.25) is 9.59 Å². The van der Waals surface area contributed by atoms with Crippen LogP contribution in [0.15, 0.2) is 48.5 Å². The standard InChI is InChI=1S/C17H16N2O3/c1-17(2)16(21)19-13-10-12(8-9-14(13)22-17)18-15(20)11-6-4-3-5-7-11/h3-10H,1-2H3,(H,18,20)(H,19,21). The first-order valence-corrected chi connectivity index (χ1v) is 6.97. The molecule has 0 fully saturated rings. The van der Waals surface area contributed by atoms with E-state index in [9.17, 15) is 9.59 Å². The second-order valence-corrected chi connectivity index (χ2v) is 5.60. The molecule has 22 heavy (non-hydrogen) atoms. The number of anilines is 2. The number of ether oxygens (including phenoxy) is 1. The van der Waals surface area contributed by atoms with E-state index in [0.29, 0.717) is 22.7 Å². The first-order chi connectivity index (χ1) is 10.5. The van der Waals surface area contributed by atoms with Crippen LogP contribution in [0.3, 0.4) is 0 Å². The lowest BCUT2D eigenvalue weighted by atomic mass is 10.1. The molecular weight excluding hydrogens is 280 g/mol. The predicted octanol–water partition coefficient (Wildman–Crippen LogP) is 3.05. The number of carbonyl (C=O) groups excluding carboxylic acids is 2. The number of carbonyl (C=O) groups is 2. The number of fused-ring (bicyclic) bond motifs is 1. The molecule has 1 heterocycles. The molecule has 5 heteroatoms. The maximum atomic E-state index is 12.1. The van der Waals surface area contributed by atoms with E-state index < -0.39 is 5.60 Å². The maximum absolute atomic E-state index is 12.1. The minimum absolute atomic E-state index is 0.205. The molecule has 0 aliphatic carbocycles. The van der Waals surface area contributed by atoms with Gasteiger partial charge in [0.05, 0.1) is 5.69 Å². The summed E-state index contributed by atoms with van der Waals surface area (Å²) in [6.07, 6.45) is 0. The zero-order valence-electron chi connectivity index (χ0n) is 12.3. The van der Waals surface area contributed by atoms with Gasteiger partial charge in [-0.2, -0.15) is 0 Å². The Morgan fingerprint density at radius 1 is 1.14 bits per heavy atom. The minimum atomic E-state index is -0.901. The van der Waals surface area contributed by atoms with Gasteiger partial charge in [0.15, 0.2) is 5.60 Å². The lowest BCUT2D eigenvalue weighted by molar-refractivity contribution is -0.129. The molecular formula is C17H16N2O3. The van der Waals surface area contributed by atoms with E-state index in [2.05, 4.69) is 10.6 Å². The quantitative estimate of drug-likeness (QED) is 0.895. The summed E-state index contributed by atoms with van der Waals surface area (Å²) in [5, 5.41) is 5.59. The third-order valence-electron chi connectivity index (χ3n) is 3.43. The van der Waals surface area contributed by atoms with E-state index >= 15 is 0 Å².